The number of aryl methyl sites for hydroxylation is 2. The lowest BCUT2D eigenvalue weighted by Gasteiger charge is -2.34. The third-order valence-corrected chi connectivity index (χ3v) is 3.66. The van der Waals surface area contributed by atoms with Gasteiger partial charge in [0, 0.05) is 6.42 Å². The van der Waals surface area contributed by atoms with Gasteiger partial charge in [0.15, 0.2) is 0 Å². The first kappa shape index (κ1) is 12.9. The Balaban J connectivity index is 2.34. The van der Waals surface area contributed by atoms with Gasteiger partial charge in [0.1, 0.15) is 5.75 Å². The monoisotopic (exact) mass is 248 g/mol. The van der Waals surface area contributed by atoms with Crippen molar-refractivity contribution in [3.63, 3.8) is 0 Å². The molecular formula is C15H20O3. The van der Waals surface area contributed by atoms with Crippen molar-refractivity contribution in [2.75, 3.05) is 6.61 Å². The van der Waals surface area contributed by atoms with Crippen molar-refractivity contribution in [1.29, 1.82) is 0 Å². The predicted molar refractivity (Wildman–Crippen MR) is 69.9 cm³/mol. The third-order valence-electron chi connectivity index (χ3n) is 3.66. The topological polar surface area (TPSA) is 35.5 Å². The van der Waals surface area contributed by atoms with Crippen molar-refractivity contribution >= 4 is 5.97 Å². The van der Waals surface area contributed by atoms with Crippen LogP contribution in [0.3, 0.4) is 0 Å². The Labute approximate surface area is 108 Å². The van der Waals surface area contributed by atoms with Gasteiger partial charge in [-0.05, 0) is 50.8 Å². The highest BCUT2D eigenvalue weighted by Crippen LogP contribution is 2.37. The van der Waals surface area contributed by atoms with E-state index in [1.54, 1.807) is 0 Å². The van der Waals surface area contributed by atoms with Gasteiger partial charge < -0.3 is 9.47 Å². The minimum absolute atomic E-state index is 0.267. The number of hydrogen-bond donors (Lipinski definition) is 0. The standard InChI is InChI=1S/C15H20O3/c1-5-17-14(16)15(4)9-8-12-7-6-10(2)11(3)13(12)18-15/h6-7H,5,8-9H2,1-4H3. The molecular weight excluding hydrogens is 228 g/mol. The molecule has 0 aliphatic carbocycles. The lowest BCUT2D eigenvalue weighted by molar-refractivity contribution is -0.161. The Morgan fingerprint density at radius 2 is 2.17 bits per heavy atom. The molecule has 18 heavy (non-hydrogen) atoms. The van der Waals surface area contributed by atoms with Crippen molar-refractivity contribution in [1.82, 2.24) is 0 Å². The molecule has 3 nitrogen and oxygen atoms in total. The summed E-state index contributed by atoms with van der Waals surface area (Å²) in [6.45, 7) is 8.10. The van der Waals surface area contributed by atoms with Gasteiger partial charge in [-0.2, -0.15) is 0 Å². The Kier molecular flexibility index (Phi) is 3.33. The molecule has 1 unspecified atom stereocenters. The lowest BCUT2D eigenvalue weighted by atomic mass is 9.90. The fourth-order valence-electron chi connectivity index (χ4n) is 2.26. The molecule has 0 N–H and O–H groups in total. The molecule has 1 heterocycles. The van der Waals surface area contributed by atoms with E-state index in [1.165, 1.54) is 11.1 Å². The molecule has 0 amide bonds. The van der Waals surface area contributed by atoms with Crippen molar-refractivity contribution < 1.29 is 14.3 Å². The summed E-state index contributed by atoms with van der Waals surface area (Å²) in [5, 5.41) is 0. The zero-order valence-corrected chi connectivity index (χ0v) is 11.5. The van der Waals surface area contributed by atoms with Crippen LogP contribution in [0.5, 0.6) is 5.75 Å². The average Bonchev–Trinajstić information content (AvgIpc) is 2.35. The highest BCUT2D eigenvalue weighted by Gasteiger charge is 2.40. The number of benzene rings is 1. The van der Waals surface area contributed by atoms with Gasteiger partial charge in [0.2, 0.25) is 5.60 Å². The minimum Gasteiger partial charge on any atom is -0.475 e. The number of fused-ring (bicyclic) bond motifs is 1. The van der Waals surface area contributed by atoms with Gasteiger partial charge >= 0.3 is 5.97 Å². The van der Waals surface area contributed by atoms with Crippen molar-refractivity contribution in [3.05, 3.63) is 28.8 Å². The van der Waals surface area contributed by atoms with Crippen LogP contribution in [0.2, 0.25) is 0 Å². The van der Waals surface area contributed by atoms with Crippen molar-refractivity contribution in [2.45, 2.75) is 46.1 Å². The van der Waals surface area contributed by atoms with Gasteiger partial charge in [-0.25, -0.2) is 4.79 Å². The first-order chi connectivity index (χ1) is 8.48. The number of ether oxygens (including phenoxy) is 2. The highest BCUT2D eigenvalue weighted by atomic mass is 16.6. The minimum atomic E-state index is -0.846. The summed E-state index contributed by atoms with van der Waals surface area (Å²) in [7, 11) is 0. The zero-order chi connectivity index (χ0) is 13.3. The van der Waals surface area contributed by atoms with E-state index >= 15 is 0 Å². The van der Waals surface area contributed by atoms with Crippen LogP contribution >= 0.6 is 0 Å². The maximum absolute atomic E-state index is 12.0. The van der Waals surface area contributed by atoms with E-state index in [4.69, 9.17) is 9.47 Å². The smallest absolute Gasteiger partial charge is 0.350 e. The molecule has 0 radical (unpaired) electrons. The van der Waals surface area contributed by atoms with E-state index < -0.39 is 5.60 Å². The summed E-state index contributed by atoms with van der Waals surface area (Å²) < 4.78 is 11.1. The molecule has 1 aromatic carbocycles. The summed E-state index contributed by atoms with van der Waals surface area (Å²) in [4.78, 5) is 12.0. The van der Waals surface area contributed by atoms with E-state index in [0.29, 0.717) is 13.0 Å². The van der Waals surface area contributed by atoms with Crippen LogP contribution in [0.4, 0.5) is 0 Å². The maximum Gasteiger partial charge on any atom is 0.350 e. The van der Waals surface area contributed by atoms with Crippen LogP contribution in [-0.2, 0) is 16.0 Å². The molecule has 0 saturated carbocycles. The number of hydrogen-bond acceptors (Lipinski definition) is 3. The van der Waals surface area contributed by atoms with E-state index in [9.17, 15) is 4.79 Å². The van der Waals surface area contributed by atoms with Gasteiger partial charge in [0.25, 0.3) is 0 Å². The summed E-state index contributed by atoms with van der Waals surface area (Å²) in [5.41, 5.74) is 2.63. The quantitative estimate of drug-likeness (QED) is 0.755. The summed E-state index contributed by atoms with van der Waals surface area (Å²) in [6.07, 6.45) is 1.52. The molecule has 98 valence electrons. The Morgan fingerprint density at radius 1 is 1.44 bits per heavy atom. The van der Waals surface area contributed by atoms with Crippen LogP contribution < -0.4 is 4.74 Å². The second kappa shape index (κ2) is 4.63. The molecule has 1 aliphatic rings. The van der Waals surface area contributed by atoms with Crippen molar-refractivity contribution in [2.24, 2.45) is 0 Å². The normalized spacial score (nSPS) is 22.0. The number of esters is 1. The molecule has 1 aliphatic heterocycles. The van der Waals surface area contributed by atoms with Crippen molar-refractivity contribution in [3.8, 4) is 5.75 Å². The Hall–Kier alpha value is -1.51. The number of carbonyl (C=O) groups excluding carboxylic acids is 1. The maximum atomic E-state index is 12.0. The van der Waals surface area contributed by atoms with E-state index in [2.05, 4.69) is 19.1 Å². The van der Waals surface area contributed by atoms with Crippen LogP contribution in [0.15, 0.2) is 12.1 Å². The Morgan fingerprint density at radius 3 is 2.83 bits per heavy atom. The van der Waals surface area contributed by atoms with E-state index in [1.807, 2.05) is 20.8 Å². The summed E-state index contributed by atoms with van der Waals surface area (Å²) in [6, 6.07) is 4.19. The van der Waals surface area contributed by atoms with Crippen LogP contribution in [-0.4, -0.2) is 18.2 Å². The average molecular weight is 248 g/mol. The highest BCUT2D eigenvalue weighted by molar-refractivity contribution is 5.80. The molecule has 1 atom stereocenters. The fraction of sp³-hybridized carbons (Fsp3) is 0.533. The molecule has 0 bridgehead atoms. The number of carbonyl (C=O) groups is 1. The predicted octanol–water partition coefficient (Wildman–Crippen LogP) is 2.95. The molecule has 0 aromatic heterocycles. The van der Waals surface area contributed by atoms with E-state index in [0.717, 1.165) is 17.7 Å². The summed E-state index contributed by atoms with van der Waals surface area (Å²) in [5.74, 6) is 0.591. The molecule has 1 aromatic rings. The van der Waals surface area contributed by atoms with Crippen LogP contribution in [0, 0.1) is 13.8 Å². The van der Waals surface area contributed by atoms with E-state index in [-0.39, 0.29) is 5.97 Å². The SMILES string of the molecule is CCOC(=O)C1(C)CCc2ccc(C)c(C)c2O1. The molecule has 0 spiro atoms. The molecule has 0 saturated heterocycles. The summed E-state index contributed by atoms with van der Waals surface area (Å²) >= 11 is 0. The van der Waals surface area contributed by atoms with Gasteiger partial charge in [-0.15, -0.1) is 0 Å². The second-order valence-electron chi connectivity index (χ2n) is 5.05. The second-order valence-corrected chi connectivity index (χ2v) is 5.05. The van der Waals surface area contributed by atoms with Gasteiger partial charge in [-0.1, -0.05) is 12.1 Å². The van der Waals surface area contributed by atoms with Crippen LogP contribution in [0.25, 0.3) is 0 Å². The molecule has 3 heteroatoms. The number of rotatable bonds is 2. The lowest BCUT2D eigenvalue weighted by Crippen LogP contribution is -2.45. The fourth-order valence-corrected chi connectivity index (χ4v) is 2.26. The Bertz CT molecular complexity index is 479. The molecule has 2 rings (SSSR count). The zero-order valence-electron chi connectivity index (χ0n) is 11.5. The third kappa shape index (κ3) is 2.09. The first-order valence-corrected chi connectivity index (χ1v) is 6.43. The largest absolute Gasteiger partial charge is 0.475 e. The van der Waals surface area contributed by atoms with Gasteiger partial charge in [0.05, 0.1) is 6.61 Å². The first-order valence-electron chi connectivity index (χ1n) is 6.43. The molecule has 0 fully saturated rings. The van der Waals surface area contributed by atoms with Crippen LogP contribution in [0.1, 0.15) is 37.0 Å². The van der Waals surface area contributed by atoms with Gasteiger partial charge in [-0.3, -0.25) is 0 Å².